The minimum atomic E-state index is -1.18. The monoisotopic (exact) mass is 391 g/mol. The number of carboxylic acid groups (broad SMARTS) is 1. The van der Waals surface area contributed by atoms with Crippen molar-refractivity contribution in [1.82, 2.24) is 9.30 Å². The van der Waals surface area contributed by atoms with Gasteiger partial charge in [-0.25, -0.2) is 4.79 Å². The molecule has 3 aromatic rings. The smallest absolute Gasteiger partial charge is 0.341 e. The maximum atomic E-state index is 13.0. The lowest BCUT2D eigenvalue weighted by molar-refractivity contribution is 0.0693. The summed E-state index contributed by atoms with van der Waals surface area (Å²) in [7, 11) is 2.12. The van der Waals surface area contributed by atoms with Crippen LogP contribution in [0.4, 0.5) is 5.69 Å². The molecule has 1 N–H and O–H groups in total. The number of likely N-dealkylation sites (N-methyl/N-ethyl adjacent to an activating group) is 1. The topological polar surface area (TPSA) is 65.3 Å². The predicted octanol–water partition coefficient (Wildman–Crippen LogP) is 2.98. The fraction of sp³-hybridized carbons (Fsp3) is 0.304. The normalized spacial score (nSPS) is 15.0. The zero-order valence-corrected chi connectivity index (χ0v) is 16.8. The van der Waals surface area contributed by atoms with Gasteiger partial charge in [-0.15, -0.1) is 0 Å². The number of hydrogen-bond acceptors (Lipinski definition) is 4. The van der Waals surface area contributed by atoms with Crippen molar-refractivity contribution in [3.8, 4) is 11.1 Å². The van der Waals surface area contributed by atoms with Gasteiger partial charge in [0.05, 0.1) is 5.52 Å². The van der Waals surface area contributed by atoms with E-state index in [0.717, 1.165) is 48.5 Å². The van der Waals surface area contributed by atoms with Gasteiger partial charge >= 0.3 is 5.97 Å². The Morgan fingerprint density at radius 1 is 1.07 bits per heavy atom. The second-order valence-corrected chi connectivity index (χ2v) is 7.49. The van der Waals surface area contributed by atoms with Crippen LogP contribution in [0.15, 0.2) is 53.5 Å². The second-order valence-electron chi connectivity index (χ2n) is 7.49. The van der Waals surface area contributed by atoms with E-state index in [4.69, 9.17) is 0 Å². The number of fused-ring (bicyclic) bond motifs is 1. The lowest BCUT2D eigenvalue weighted by Gasteiger charge is -2.34. The van der Waals surface area contributed by atoms with Gasteiger partial charge in [-0.05, 0) is 36.7 Å². The molecule has 2 aromatic heterocycles. The fourth-order valence-corrected chi connectivity index (χ4v) is 4.15. The van der Waals surface area contributed by atoms with Crippen LogP contribution >= 0.6 is 0 Å². The highest BCUT2D eigenvalue weighted by atomic mass is 16.4. The summed E-state index contributed by atoms with van der Waals surface area (Å²) < 4.78 is 1.48. The van der Waals surface area contributed by atoms with Crippen molar-refractivity contribution >= 4 is 17.2 Å². The van der Waals surface area contributed by atoms with Gasteiger partial charge in [-0.2, -0.15) is 0 Å². The Morgan fingerprint density at radius 2 is 1.76 bits per heavy atom. The molecule has 0 amide bonds. The molecule has 0 spiro atoms. The molecular formula is C23H25N3O3. The molecule has 1 aliphatic heterocycles. The zero-order valence-electron chi connectivity index (χ0n) is 16.8. The number of carbonyl (C=O) groups is 1. The number of anilines is 1. The molecule has 1 saturated heterocycles. The SMILES string of the molecule is CCc1c(C(=O)O)c(=O)n2ccc(N3CCN(C)CC3)cc2c1-c1ccccc1. The molecule has 3 heterocycles. The third kappa shape index (κ3) is 3.40. The molecule has 0 bridgehead atoms. The van der Waals surface area contributed by atoms with E-state index in [1.54, 1.807) is 6.20 Å². The molecule has 6 nitrogen and oxygen atoms in total. The van der Waals surface area contributed by atoms with E-state index in [9.17, 15) is 14.7 Å². The Bertz CT molecular complexity index is 1110. The van der Waals surface area contributed by atoms with Gasteiger partial charge in [-0.3, -0.25) is 9.20 Å². The lowest BCUT2D eigenvalue weighted by Crippen LogP contribution is -2.44. The minimum Gasteiger partial charge on any atom is -0.477 e. The third-order valence-corrected chi connectivity index (χ3v) is 5.73. The quantitative estimate of drug-likeness (QED) is 0.741. The first-order chi connectivity index (χ1) is 14.0. The molecule has 0 radical (unpaired) electrons. The van der Waals surface area contributed by atoms with Crippen LogP contribution in [0.25, 0.3) is 16.6 Å². The van der Waals surface area contributed by atoms with Crippen LogP contribution in [0.3, 0.4) is 0 Å². The van der Waals surface area contributed by atoms with Crippen molar-refractivity contribution in [1.29, 1.82) is 0 Å². The first kappa shape index (κ1) is 19.2. The maximum absolute atomic E-state index is 13.0. The fourth-order valence-electron chi connectivity index (χ4n) is 4.15. The van der Waals surface area contributed by atoms with E-state index in [2.05, 4.69) is 16.8 Å². The highest BCUT2D eigenvalue weighted by Crippen LogP contribution is 2.32. The molecule has 6 heteroatoms. The predicted molar refractivity (Wildman–Crippen MR) is 115 cm³/mol. The van der Waals surface area contributed by atoms with Crippen LogP contribution in [-0.4, -0.2) is 53.6 Å². The molecule has 1 aliphatic rings. The summed E-state index contributed by atoms with van der Waals surface area (Å²) in [5.41, 5.74) is 3.51. The molecule has 0 aliphatic carbocycles. The summed E-state index contributed by atoms with van der Waals surface area (Å²) >= 11 is 0. The highest BCUT2D eigenvalue weighted by molar-refractivity contribution is 5.96. The van der Waals surface area contributed by atoms with Crippen LogP contribution in [0.2, 0.25) is 0 Å². The van der Waals surface area contributed by atoms with Crippen LogP contribution < -0.4 is 10.5 Å². The average molecular weight is 391 g/mol. The standard InChI is InChI=1S/C23H25N3O3/c1-3-18-20(16-7-5-4-6-8-16)19-15-17(25-13-11-24(2)12-14-25)9-10-26(19)22(27)21(18)23(28)29/h4-10,15H,3,11-14H2,1-2H3,(H,28,29). The number of hydrogen-bond donors (Lipinski definition) is 1. The molecular weight excluding hydrogens is 366 g/mol. The molecule has 4 rings (SSSR count). The summed E-state index contributed by atoms with van der Waals surface area (Å²) in [6.45, 7) is 5.72. The van der Waals surface area contributed by atoms with Crippen molar-refractivity contribution in [2.24, 2.45) is 0 Å². The highest BCUT2D eigenvalue weighted by Gasteiger charge is 2.23. The van der Waals surface area contributed by atoms with Gasteiger partial charge in [0.15, 0.2) is 0 Å². The molecule has 1 fully saturated rings. The maximum Gasteiger partial charge on any atom is 0.341 e. The van der Waals surface area contributed by atoms with Gasteiger partial charge in [0.2, 0.25) is 0 Å². The minimum absolute atomic E-state index is 0.142. The van der Waals surface area contributed by atoms with Crippen molar-refractivity contribution in [2.75, 3.05) is 38.1 Å². The number of pyridine rings is 2. The zero-order chi connectivity index (χ0) is 20.5. The van der Waals surface area contributed by atoms with E-state index < -0.39 is 11.5 Å². The summed E-state index contributed by atoms with van der Waals surface area (Å²) in [5.74, 6) is -1.18. The van der Waals surface area contributed by atoms with E-state index in [1.165, 1.54) is 4.40 Å². The molecule has 0 atom stereocenters. The first-order valence-corrected chi connectivity index (χ1v) is 9.94. The summed E-state index contributed by atoms with van der Waals surface area (Å²) in [5, 5.41) is 9.77. The first-order valence-electron chi connectivity index (χ1n) is 9.94. The van der Waals surface area contributed by atoms with E-state index in [0.29, 0.717) is 12.0 Å². The average Bonchev–Trinajstić information content (AvgIpc) is 2.74. The number of aromatic nitrogens is 1. The summed E-state index contributed by atoms with van der Waals surface area (Å²) in [6, 6.07) is 13.7. The lowest BCUT2D eigenvalue weighted by atomic mass is 9.93. The Hall–Kier alpha value is -3.12. The summed E-state index contributed by atoms with van der Waals surface area (Å²) in [4.78, 5) is 29.6. The summed E-state index contributed by atoms with van der Waals surface area (Å²) in [6.07, 6.45) is 2.18. The molecule has 0 unspecified atom stereocenters. The van der Waals surface area contributed by atoms with Crippen LogP contribution in [0.1, 0.15) is 22.8 Å². The number of aromatic carboxylic acids is 1. The number of carboxylic acids is 1. The number of rotatable bonds is 4. The van der Waals surface area contributed by atoms with Gasteiger partial charge in [0, 0.05) is 43.6 Å². The Kier molecular flexibility index (Phi) is 5.11. The Morgan fingerprint density at radius 3 is 2.38 bits per heavy atom. The largest absolute Gasteiger partial charge is 0.477 e. The van der Waals surface area contributed by atoms with Crippen molar-refractivity contribution in [3.63, 3.8) is 0 Å². The number of nitrogens with zero attached hydrogens (tertiary/aromatic N) is 3. The van der Waals surface area contributed by atoms with E-state index >= 15 is 0 Å². The van der Waals surface area contributed by atoms with Crippen molar-refractivity contribution in [3.05, 3.63) is 70.1 Å². The van der Waals surface area contributed by atoms with E-state index in [-0.39, 0.29) is 5.56 Å². The Labute approximate surface area is 169 Å². The van der Waals surface area contributed by atoms with Gasteiger partial charge in [0.25, 0.3) is 5.56 Å². The van der Waals surface area contributed by atoms with Gasteiger partial charge < -0.3 is 14.9 Å². The van der Waals surface area contributed by atoms with Crippen molar-refractivity contribution in [2.45, 2.75) is 13.3 Å². The molecule has 150 valence electrons. The number of benzene rings is 1. The van der Waals surface area contributed by atoms with Crippen LogP contribution in [0, 0.1) is 0 Å². The Balaban J connectivity index is 2.01. The molecule has 29 heavy (non-hydrogen) atoms. The number of piperazine rings is 1. The van der Waals surface area contributed by atoms with E-state index in [1.807, 2.05) is 49.4 Å². The van der Waals surface area contributed by atoms with Crippen LogP contribution in [0.5, 0.6) is 0 Å². The third-order valence-electron chi connectivity index (χ3n) is 5.73. The molecule has 0 saturated carbocycles. The van der Waals surface area contributed by atoms with Crippen molar-refractivity contribution < 1.29 is 9.90 Å². The van der Waals surface area contributed by atoms with Crippen LogP contribution in [-0.2, 0) is 6.42 Å². The second kappa shape index (κ2) is 7.72. The van der Waals surface area contributed by atoms with Gasteiger partial charge in [0.1, 0.15) is 5.56 Å². The van der Waals surface area contributed by atoms with Gasteiger partial charge in [-0.1, -0.05) is 37.3 Å². The molecule has 1 aromatic carbocycles.